The summed E-state index contributed by atoms with van der Waals surface area (Å²) >= 11 is 1.50. The SMILES string of the molecule is CNC(C)Cc1noc(CSc2ccc([N+](=O)[O-])cc2)n1.Cl. The first-order valence-electron chi connectivity index (χ1n) is 6.44. The Hall–Kier alpha value is -1.64. The van der Waals surface area contributed by atoms with E-state index in [0.29, 0.717) is 23.9 Å². The van der Waals surface area contributed by atoms with Gasteiger partial charge >= 0.3 is 0 Å². The van der Waals surface area contributed by atoms with Crippen molar-refractivity contribution in [3.05, 3.63) is 46.1 Å². The molecule has 0 aliphatic rings. The Kier molecular flexibility index (Phi) is 7.30. The van der Waals surface area contributed by atoms with Gasteiger partial charge in [0.1, 0.15) is 0 Å². The summed E-state index contributed by atoms with van der Waals surface area (Å²) in [5.74, 6) is 1.77. The number of aromatic nitrogens is 2. The van der Waals surface area contributed by atoms with Gasteiger partial charge in [-0.05, 0) is 26.1 Å². The number of nitro benzene ring substituents is 1. The quantitative estimate of drug-likeness (QED) is 0.468. The summed E-state index contributed by atoms with van der Waals surface area (Å²) in [6, 6.07) is 6.68. The third-order valence-electron chi connectivity index (χ3n) is 2.90. The third kappa shape index (κ3) is 5.28. The molecule has 22 heavy (non-hydrogen) atoms. The maximum absolute atomic E-state index is 10.6. The largest absolute Gasteiger partial charge is 0.338 e. The number of benzene rings is 1. The van der Waals surface area contributed by atoms with Gasteiger partial charge in [-0.25, -0.2) is 0 Å². The van der Waals surface area contributed by atoms with E-state index in [-0.39, 0.29) is 24.1 Å². The summed E-state index contributed by atoms with van der Waals surface area (Å²) in [7, 11) is 1.89. The van der Waals surface area contributed by atoms with Crippen LogP contribution in [-0.4, -0.2) is 28.2 Å². The number of hydrogen-bond acceptors (Lipinski definition) is 7. The number of halogens is 1. The van der Waals surface area contributed by atoms with Crippen molar-refractivity contribution in [3.63, 3.8) is 0 Å². The molecule has 2 aromatic rings. The van der Waals surface area contributed by atoms with Crippen LogP contribution in [0.5, 0.6) is 0 Å². The summed E-state index contributed by atoms with van der Waals surface area (Å²) in [5.41, 5.74) is 0.0838. The highest BCUT2D eigenvalue weighted by atomic mass is 35.5. The standard InChI is InChI=1S/C13H16N4O3S.ClH/c1-9(14-2)7-12-15-13(20-16-12)8-21-11-5-3-10(4-6-11)17(18)19;/h3-6,9,14H,7-8H2,1-2H3;1H. The first-order chi connectivity index (χ1) is 10.1. The first kappa shape index (κ1) is 18.4. The van der Waals surface area contributed by atoms with Gasteiger partial charge in [-0.1, -0.05) is 5.16 Å². The number of thioether (sulfide) groups is 1. The van der Waals surface area contributed by atoms with Gasteiger partial charge in [0.15, 0.2) is 5.82 Å². The zero-order valence-corrected chi connectivity index (χ0v) is 13.8. The van der Waals surface area contributed by atoms with E-state index in [1.54, 1.807) is 12.1 Å². The van der Waals surface area contributed by atoms with E-state index >= 15 is 0 Å². The minimum atomic E-state index is -0.415. The molecule has 120 valence electrons. The molecule has 7 nitrogen and oxygen atoms in total. The Morgan fingerprint density at radius 2 is 2.09 bits per heavy atom. The Bertz CT molecular complexity index is 606. The molecule has 1 aromatic heterocycles. The maximum Gasteiger partial charge on any atom is 0.269 e. The van der Waals surface area contributed by atoms with E-state index in [1.807, 2.05) is 14.0 Å². The lowest BCUT2D eigenvalue weighted by atomic mass is 10.2. The monoisotopic (exact) mass is 344 g/mol. The number of nitrogens with zero attached hydrogens (tertiary/aromatic N) is 3. The molecule has 0 amide bonds. The van der Waals surface area contributed by atoms with Crippen LogP contribution in [0.15, 0.2) is 33.7 Å². The van der Waals surface area contributed by atoms with E-state index in [1.165, 1.54) is 23.9 Å². The summed E-state index contributed by atoms with van der Waals surface area (Å²) in [4.78, 5) is 15.4. The summed E-state index contributed by atoms with van der Waals surface area (Å²) in [5, 5.41) is 17.6. The topological polar surface area (TPSA) is 94.1 Å². The van der Waals surface area contributed by atoms with Crippen molar-refractivity contribution in [2.45, 2.75) is 30.0 Å². The fourth-order valence-electron chi connectivity index (χ4n) is 1.62. The van der Waals surface area contributed by atoms with Crippen molar-refractivity contribution in [2.24, 2.45) is 0 Å². The van der Waals surface area contributed by atoms with Crippen LogP contribution in [0, 0.1) is 10.1 Å². The van der Waals surface area contributed by atoms with Crippen LogP contribution in [0.1, 0.15) is 18.6 Å². The molecule has 9 heteroatoms. The van der Waals surface area contributed by atoms with Crippen molar-refractivity contribution < 1.29 is 9.45 Å². The predicted octanol–water partition coefficient (Wildman–Crippen LogP) is 2.84. The van der Waals surface area contributed by atoms with E-state index in [9.17, 15) is 10.1 Å². The van der Waals surface area contributed by atoms with Crippen LogP contribution in [0.4, 0.5) is 5.69 Å². The highest BCUT2D eigenvalue weighted by Gasteiger charge is 2.10. The van der Waals surface area contributed by atoms with Gasteiger partial charge in [-0.15, -0.1) is 24.2 Å². The number of likely N-dealkylation sites (N-methyl/N-ethyl adjacent to an activating group) is 1. The van der Waals surface area contributed by atoms with Gasteiger partial charge in [0.2, 0.25) is 5.89 Å². The molecule has 0 spiro atoms. The second kappa shape index (κ2) is 8.72. The molecular weight excluding hydrogens is 328 g/mol. The third-order valence-corrected chi connectivity index (χ3v) is 3.90. The average Bonchev–Trinajstić information content (AvgIpc) is 2.93. The molecule has 0 fully saturated rings. The zero-order valence-electron chi connectivity index (χ0n) is 12.2. The molecule has 1 N–H and O–H groups in total. The molecule has 0 saturated heterocycles. The molecule has 0 saturated carbocycles. The molecule has 2 rings (SSSR count). The molecule has 1 unspecified atom stereocenters. The van der Waals surface area contributed by atoms with Crippen LogP contribution in [0.25, 0.3) is 0 Å². The van der Waals surface area contributed by atoms with Gasteiger partial charge in [0.25, 0.3) is 5.69 Å². The van der Waals surface area contributed by atoms with Gasteiger partial charge in [0, 0.05) is 29.5 Å². The number of non-ortho nitro benzene ring substituents is 1. The minimum absolute atomic E-state index is 0. The van der Waals surface area contributed by atoms with E-state index in [4.69, 9.17) is 4.52 Å². The van der Waals surface area contributed by atoms with Crippen molar-refractivity contribution >= 4 is 29.9 Å². The molecule has 1 atom stereocenters. The highest BCUT2D eigenvalue weighted by molar-refractivity contribution is 7.98. The van der Waals surface area contributed by atoms with E-state index < -0.39 is 4.92 Å². The summed E-state index contributed by atoms with van der Waals surface area (Å²) < 4.78 is 5.18. The van der Waals surface area contributed by atoms with Crippen molar-refractivity contribution in [3.8, 4) is 0 Å². The molecule has 1 aromatic carbocycles. The zero-order chi connectivity index (χ0) is 15.2. The fourth-order valence-corrected chi connectivity index (χ4v) is 2.35. The van der Waals surface area contributed by atoms with Crippen molar-refractivity contribution in [1.82, 2.24) is 15.5 Å². The predicted molar refractivity (Wildman–Crippen MR) is 86.4 cm³/mol. The lowest BCUT2D eigenvalue weighted by Gasteiger charge is -2.04. The van der Waals surface area contributed by atoms with Crippen LogP contribution < -0.4 is 5.32 Å². The summed E-state index contributed by atoms with van der Waals surface area (Å²) in [6.07, 6.45) is 0.711. The fraction of sp³-hybridized carbons (Fsp3) is 0.385. The number of nitro groups is 1. The molecule has 0 radical (unpaired) electrons. The minimum Gasteiger partial charge on any atom is -0.338 e. The lowest BCUT2D eigenvalue weighted by molar-refractivity contribution is -0.384. The maximum atomic E-state index is 10.6. The van der Waals surface area contributed by atoms with Gasteiger partial charge in [0.05, 0.1) is 10.7 Å². The number of rotatable bonds is 7. The summed E-state index contributed by atoms with van der Waals surface area (Å²) in [6.45, 7) is 2.04. The Morgan fingerprint density at radius 1 is 1.41 bits per heavy atom. The second-order valence-corrected chi connectivity index (χ2v) is 5.59. The second-order valence-electron chi connectivity index (χ2n) is 4.54. The molecular formula is C13H17ClN4O3S. The molecule has 0 bridgehead atoms. The molecule has 0 aliphatic carbocycles. The average molecular weight is 345 g/mol. The van der Waals surface area contributed by atoms with Crippen molar-refractivity contribution in [1.29, 1.82) is 0 Å². The molecule has 1 heterocycles. The van der Waals surface area contributed by atoms with Crippen LogP contribution in [-0.2, 0) is 12.2 Å². The van der Waals surface area contributed by atoms with Crippen LogP contribution in [0.2, 0.25) is 0 Å². The van der Waals surface area contributed by atoms with Gasteiger partial charge < -0.3 is 9.84 Å². The molecule has 0 aliphatic heterocycles. The highest BCUT2D eigenvalue weighted by Crippen LogP contribution is 2.24. The van der Waals surface area contributed by atoms with Crippen molar-refractivity contribution in [2.75, 3.05) is 7.05 Å². The van der Waals surface area contributed by atoms with Gasteiger partial charge in [-0.2, -0.15) is 4.98 Å². The van der Waals surface area contributed by atoms with Crippen LogP contribution >= 0.6 is 24.2 Å². The first-order valence-corrected chi connectivity index (χ1v) is 7.43. The normalized spacial score (nSPS) is 11.7. The Balaban J connectivity index is 0.00000242. The number of hydrogen-bond donors (Lipinski definition) is 1. The number of nitrogens with one attached hydrogen (secondary N) is 1. The van der Waals surface area contributed by atoms with E-state index in [0.717, 1.165) is 4.90 Å². The van der Waals surface area contributed by atoms with Crippen LogP contribution in [0.3, 0.4) is 0 Å². The lowest BCUT2D eigenvalue weighted by Crippen LogP contribution is -2.24. The Labute approximate surface area is 138 Å². The smallest absolute Gasteiger partial charge is 0.269 e. The van der Waals surface area contributed by atoms with Gasteiger partial charge in [-0.3, -0.25) is 10.1 Å². The van der Waals surface area contributed by atoms with E-state index in [2.05, 4.69) is 15.5 Å². The Morgan fingerprint density at radius 3 is 2.68 bits per heavy atom.